The van der Waals surface area contributed by atoms with E-state index in [0.29, 0.717) is 0 Å². The van der Waals surface area contributed by atoms with Crippen molar-refractivity contribution in [3.63, 3.8) is 0 Å². The zero-order valence-corrected chi connectivity index (χ0v) is 9.61. The molecule has 0 fully saturated rings. The number of nitrogens with one attached hydrogen (secondary N) is 1. The molecule has 0 aromatic carbocycles. The third-order valence-corrected chi connectivity index (χ3v) is 3.00. The molecule has 1 rings (SSSR count). The molecule has 0 saturated carbocycles. The molecule has 90 valence electrons. The summed E-state index contributed by atoms with van der Waals surface area (Å²) in [6.45, 7) is 1.80. The van der Waals surface area contributed by atoms with Gasteiger partial charge in [-0.15, -0.1) is 0 Å². The topological polar surface area (TPSA) is 97.6 Å². The van der Waals surface area contributed by atoms with Crippen LogP contribution in [0.1, 0.15) is 17.4 Å². The van der Waals surface area contributed by atoms with Crippen LogP contribution < -0.4 is 4.89 Å². The van der Waals surface area contributed by atoms with Gasteiger partial charge in [0.15, 0.2) is 0 Å². The smallest absolute Gasteiger partial charge is 0.352 e. The first kappa shape index (κ1) is 12.7. The van der Waals surface area contributed by atoms with Gasteiger partial charge in [-0.3, -0.25) is 4.84 Å². The van der Waals surface area contributed by atoms with Crippen molar-refractivity contribution in [2.45, 2.75) is 11.8 Å². The first-order valence-corrected chi connectivity index (χ1v) is 5.90. The third kappa shape index (κ3) is 2.60. The predicted molar refractivity (Wildman–Crippen MR) is 54.3 cm³/mol. The molecule has 1 aromatic rings. The maximum atomic E-state index is 11.5. The molecule has 0 aliphatic rings. The molecule has 0 atom stereocenters. The van der Waals surface area contributed by atoms with E-state index in [-0.39, 0.29) is 17.2 Å². The average molecular weight is 248 g/mol. The molecule has 0 aliphatic carbocycles. The molecule has 1 heterocycles. The minimum atomic E-state index is -3.81. The Labute approximate surface area is 92.6 Å². The molecular weight excluding hydrogens is 236 g/mol. The summed E-state index contributed by atoms with van der Waals surface area (Å²) in [5, 5.41) is 8.75. The molecule has 0 bridgehead atoms. The van der Waals surface area contributed by atoms with E-state index in [9.17, 15) is 13.2 Å². The first-order valence-electron chi connectivity index (χ1n) is 4.41. The van der Waals surface area contributed by atoms with Crippen molar-refractivity contribution in [3.8, 4) is 0 Å². The minimum absolute atomic E-state index is 0.114. The Hall–Kier alpha value is -1.38. The van der Waals surface area contributed by atoms with Crippen molar-refractivity contribution < 1.29 is 23.2 Å². The van der Waals surface area contributed by atoms with E-state index in [1.807, 2.05) is 4.89 Å². The molecule has 7 nitrogen and oxygen atoms in total. The molecule has 0 aliphatic heterocycles. The number of aromatic carboxylic acids is 1. The van der Waals surface area contributed by atoms with E-state index in [2.05, 4.69) is 4.84 Å². The number of rotatable bonds is 5. The van der Waals surface area contributed by atoms with Crippen LogP contribution in [-0.2, 0) is 21.9 Å². The lowest BCUT2D eigenvalue weighted by molar-refractivity contribution is 0.0686. The molecule has 16 heavy (non-hydrogen) atoms. The fourth-order valence-electron chi connectivity index (χ4n) is 1.08. The molecule has 0 unspecified atom stereocenters. The van der Waals surface area contributed by atoms with Gasteiger partial charge in [0.05, 0.1) is 6.61 Å². The van der Waals surface area contributed by atoms with E-state index in [4.69, 9.17) is 5.11 Å². The van der Waals surface area contributed by atoms with Crippen molar-refractivity contribution in [1.82, 2.24) is 9.45 Å². The van der Waals surface area contributed by atoms with Crippen molar-refractivity contribution >= 4 is 16.0 Å². The number of hydrogen-bond donors (Lipinski definition) is 2. The van der Waals surface area contributed by atoms with Gasteiger partial charge in [-0.25, -0.2) is 13.2 Å². The lowest BCUT2D eigenvalue weighted by Crippen LogP contribution is -2.23. The van der Waals surface area contributed by atoms with Crippen molar-refractivity contribution in [2.75, 3.05) is 6.61 Å². The van der Waals surface area contributed by atoms with Crippen LogP contribution in [0.4, 0.5) is 0 Å². The fraction of sp³-hybridized carbons (Fsp3) is 0.375. The Morgan fingerprint density at radius 1 is 1.62 bits per heavy atom. The largest absolute Gasteiger partial charge is 0.477 e. The summed E-state index contributed by atoms with van der Waals surface area (Å²) in [6, 6.07) is 1.06. The highest BCUT2D eigenvalue weighted by atomic mass is 32.2. The van der Waals surface area contributed by atoms with Gasteiger partial charge in [-0.2, -0.15) is 0 Å². The van der Waals surface area contributed by atoms with Gasteiger partial charge < -0.3 is 9.67 Å². The third-order valence-electron chi connectivity index (χ3n) is 1.82. The first-order chi connectivity index (χ1) is 7.38. The Morgan fingerprint density at radius 3 is 2.69 bits per heavy atom. The quantitative estimate of drug-likeness (QED) is 0.712. The number of aryl methyl sites for hydroxylation is 1. The summed E-state index contributed by atoms with van der Waals surface area (Å²) in [4.78, 5) is 17.0. The number of aromatic nitrogens is 1. The SMILES string of the molecule is CCONS(=O)(=O)c1cc(C(=O)O)n(C)c1. The second kappa shape index (κ2) is 4.64. The van der Waals surface area contributed by atoms with Crippen LogP contribution in [0.25, 0.3) is 0 Å². The van der Waals surface area contributed by atoms with Crippen molar-refractivity contribution in [1.29, 1.82) is 0 Å². The number of carboxylic acids is 1. The molecule has 0 amide bonds. The van der Waals surface area contributed by atoms with Gasteiger partial charge in [0, 0.05) is 13.2 Å². The van der Waals surface area contributed by atoms with E-state index in [0.717, 1.165) is 6.07 Å². The van der Waals surface area contributed by atoms with E-state index < -0.39 is 16.0 Å². The van der Waals surface area contributed by atoms with E-state index in [1.165, 1.54) is 17.8 Å². The van der Waals surface area contributed by atoms with Gasteiger partial charge in [-0.05, 0) is 13.0 Å². The highest BCUT2D eigenvalue weighted by molar-refractivity contribution is 7.89. The summed E-state index contributed by atoms with van der Waals surface area (Å²) in [6.07, 6.45) is 1.20. The zero-order valence-electron chi connectivity index (χ0n) is 8.80. The van der Waals surface area contributed by atoms with E-state index >= 15 is 0 Å². The Kier molecular flexibility index (Phi) is 3.68. The van der Waals surface area contributed by atoms with Gasteiger partial charge in [0.1, 0.15) is 10.6 Å². The maximum Gasteiger partial charge on any atom is 0.352 e. The monoisotopic (exact) mass is 248 g/mol. The molecule has 0 saturated heterocycles. The number of nitrogens with zero attached hydrogens (tertiary/aromatic N) is 1. The summed E-state index contributed by atoms with van der Waals surface area (Å²) >= 11 is 0. The second-order valence-electron chi connectivity index (χ2n) is 3.00. The standard InChI is InChI=1S/C8H12N2O5S/c1-3-15-9-16(13,14)6-4-7(8(11)12)10(2)5-6/h4-5,9H,3H2,1-2H3,(H,11,12). The second-order valence-corrected chi connectivity index (χ2v) is 4.64. The number of carbonyl (C=O) groups is 1. The average Bonchev–Trinajstić information content (AvgIpc) is 2.58. The normalized spacial score (nSPS) is 11.6. The van der Waals surface area contributed by atoms with Crippen molar-refractivity contribution in [2.24, 2.45) is 7.05 Å². The van der Waals surface area contributed by atoms with Crippen LogP contribution in [0, 0.1) is 0 Å². The Morgan fingerprint density at radius 2 is 2.25 bits per heavy atom. The molecule has 0 radical (unpaired) electrons. The Balaban J connectivity index is 3.06. The van der Waals surface area contributed by atoms with Gasteiger partial charge in [0.2, 0.25) is 0 Å². The number of hydrogen-bond acceptors (Lipinski definition) is 4. The number of sulfonamides is 1. The zero-order chi connectivity index (χ0) is 12.3. The number of carboxylic acid groups (broad SMARTS) is 1. The minimum Gasteiger partial charge on any atom is -0.477 e. The van der Waals surface area contributed by atoms with Crippen molar-refractivity contribution in [3.05, 3.63) is 18.0 Å². The highest BCUT2D eigenvalue weighted by Gasteiger charge is 2.20. The molecule has 8 heteroatoms. The Bertz CT molecular complexity index is 491. The van der Waals surface area contributed by atoms with Crippen LogP contribution in [-0.4, -0.2) is 30.7 Å². The van der Waals surface area contributed by atoms with Crippen LogP contribution in [0.5, 0.6) is 0 Å². The van der Waals surface area contributed by atoms with E-state index in [1.54, 1.807) is 6.92 Å². The van der Waals surface area contributed by atoms with Gasteiger partial charge >= 0.3 is 5.97 Å². The lowest BCUT2D eigenvalue weighted by Gasteiger charge is -2.02. The van der Waals surface area contributed by atoms with Gasteiger partial charge in [-0.1, -0.05) is 4.89 Å². The highest BCUT2D eigenvalue weighted by Crippen LogP contribution is 2.13. The summed E-state index contributed by atoms with van der Waals surface area (Å²) < 4.78 is 24.3. The van der Waals surface area contributed by atoms with Crippen LogP contribution in [0.15, 0.2) is 17.2 Å². The maximum absolute atomic E-state index is 11.5. The van der Waals surface area contributed by atoms with Gasteiger partial charge in [0.25, 0.3) is 10.0 Å². The summed E-state index contributed by atoms with van der Waals surface area (Å²) in [5.74, 6) is -1.19. The molecular formula is C8H12N2O5S. The fourth-order valence-corrected chi connectivity index (χ4v) is 2.01. The molecule has 1 aromatic heterocycles. The van der Waals surface area contributed by atoms with Crippen LogP contribution in [0.3, 0.4) is 0 Å². The predicted octanol–water partition coefficient (Wildman–Crippen LogP) is -0.0469. The lowest BCUT2D eigenvalue weighted by atomic mass is 10.4. The molecule has 2 N–H and O–H groups in total. The molecule has 0 spiro atoms. The summed E-state index contributed by atoms with van der Waals surface area (Å²) in [7, 11) is -2.37. The van der Waals surface area contributed by atoms with Crippen LogP contribution in [0.2, 0.25) is 0 Å². The summed E-state index contributed by atoms with van der Waals surface area (Å²) in [5.41, 5.74) is -0.114. The van der Waals surface area contributed by atoms with Crippen LogP contribution >= 0.6 is 0 Å².